The lowest BCUT2D eigenvalue weighted by molar-refractivity contribution is -0.112. The van der Waals surface area contributed by atoms with Gasteiger partial charge in [-0.15, -0.1) is 11.3 Å². The van der Waals surface area contributed by atoms with E-state index < -0.39 is 11.9 Å². The maximum absolute atomic E-state index is 14.0. The van der Waals surface area contributed by atoms with E-state index in [0.717, 1.165) is 36.1 Å². The molecule has 10 heteroatoms. The highest BCUT2D eigenvalue weighted by molar-refractivity contribution is 14.1. The Labute approximate surface area is 243 Å². The van der Waals surface area contributed by atoms with Gasteiger partial charge in [-0.2, -0.15) is 5.26 Å². The summed E-state index contributed by atoms with van der Waals surface area (Å²) in [6.45, 7) is 1.96. The topological polar surface area (TPSA) is 97.7 Å². The molecule has 0 radical (unpaired) electrons. The van der Waals surface area contributed by atoms with Crippen molar-refractivity contribution in [2.75, 3.05) is 19.0 Å². The Kier molecular flexibility index (Phi) is 9.59. The number of nitriles is 1. The van der Waals surface area contributed by atoms with Crippen molar-refractivity contribution in [1.82, 2.24) is 0 Å². The zero-order valence-corrected chi connectivity index (χ0v) is 24.4. The Morgan fingerprint density at radius 1 is 1.23 bits per heavy atom. The fraction of sp³-hybridized carbons (Fsp3) is 0.276. The second-order valence-corrected chi connectivity index (χ2v) is 10.9. The second kappa shape index (κ2) is 13.1. The number of hydrogen-bond donors (Lipinski definition) is 1. The summed E-state index contributed by atoms with van der Waals surface area (Å²) in [5, 5.41) is 13.0. The van der Waals surface area contributed by atoms with Gasteiger partial charge in [-0.1, -0.05) is 18.2 Å². The molecule has 1 aliphatic rings. The molecule has 0 saturated carbocycles. The Morgan fingerprint density at radius 2 is 2.00 bits per heavy atom. The first-order chi connectivity index (χ1) is 18.9. The van der Waals surface area contributed by atoms with E-state index in [1.54, 1.807) is 37.3 Å². The summed E-state index contributed by atoms with van der Waals surface area (Å²) >= 11 is 3.42. The van der Waals surface area contributed by atoms with Crippen molar-refractivity contribution in [2.24, 2.45) is 0 Å². The van der Waals surface area contributed by atoms with Crippen molar-refractivity contribution in [3.8, 4) is 17.6 Å². The molecule has 1 N–H and O–H groups in total. The van der Waals surface area contributed by atoms with E-state index in [1.165, 1.54) is 30.6 Å². The minimum Gasteiger partial charge on any atom is -0.493 e. The molecule has 0 spiro atoms. The van der Waals surface area contributed by atoms with Gasteiger partial charge in [0.1, 0.15) is 29.1 Å². The van der Waals surface area contributed by atoms with Crippen molar-refractivity contribution < 1.29 is 28.2 Å². The highest BCUT2D eigenvalue weighted by Crippen LogP contribution is 2.39. The van der Waals surface area contributed by atoms with Crippen LogP contribution in [0.25, 0.3) is 6.08 Å². The number of ether oxygens (including phenoxy) is 3. The number of rotatable bonds is 9. The van der Waals surface area contributed by atoms with E-state index in [1.807, 2.05) is 6.07 Å². The van der Waals surface area contributed by atoms with E-state index in [2.05, 4.69) is 27.9 Å². The molecule has 0 unspecified atom stereocenters. The van der Waals surface area contributed by atoms with Crippen LogP contribution in [0, 0.1) is 20.7 Å². The van der Waals surface area contributed by atoms with Crippen LogP contribution in [0.2, 0.25) is 0 Å². The quantitative estimate of drug-likeness (QED) is 0.119. The van der Waals surface area contributed by atoms with Crippen LogP contribution >= 0.6 is 33.9 Å². The highest BCUT2D eigenvalue weighted by Gasteiger charge is 2.28. The molecule has 3 aromatic rings. The summed E-state index contributed by atoms with van der Waals surface area (Å²) in [5.41, 5.74) is 2.11. The fourth-order valence-electron chi connectivity index (χ4n) is 4.29. The standard InChI is InChI=1S/C29H26FIN2O5S/c1-3-37-29(35)25-20-9-5-7-11-24(20)39-28(25)33-27(34)19(15-32)12-17-13-22(31)26(23(14-17)36-2)38-16-18-8-4-6-10-21(18)30/h4,6,8,10,12-14H,3,5,7,9,11,16H2,1-2H3,(H,33,34)/b19-12+. The highest BCUT2D eigenvalue weighted by atomic mass is 127. The summed E-state index contributed by atoms with van der Waals surface area (Å²) in [5.74, 6) is -0.675. The molecule has 1 aromatic heterocycles. The van der Waals surface area contributed by atoms with E-state index in [-0.39, 0.29) is 24.6 Å². The summed E-state index contributed by atoms with van der Waals surface area (Å²) in [6, 6.07) is 11.7. The molecular weight excluding hydrogens is 634 g/mol. The molecule has 2 aromatic carbocycles. The number of nitrogens with zero attached hydrogens (tertiary/aromatic N) is 1. The third-order valence-electron chi connectivity index (χ3n) is 6.14. The molecule has 7 nitrogen and oxygen atoms in total. The normalized spacial score (nSPS) is 12.7. The predicted octanol–water partition coefficient (Wildman–Crippen LogP) is 6.68. The zero-order chi connectivity index (χ0) is 27.9. The maximum Gasteiger partial charge on any atom is 0.341 e. The van der Waals surface area contributed by atoms with Crippen molar-refractivity contribution >= 4 is 56.9 Å². The van der Waals surface area contributed by atoms with E-state index in [4.69, 9.17) is 14.2 Å². The Bertz CT molecular complexity index is 1480. The van der Waals surface area contributed by atoms with Gasteiger partial charge in [-0.3, -0.25) is 4.79 Å². The maximum atomic E-state index is 14.0. The molecule has 0 saturated heterocycles. The Morgan fingerprint density at radius 3 is 2.72 bits per heavy atom. The predicted molar refractivity (Wildman–Crippen MR) is 156 cm³/mol. The summed E-state index contributed by atoms with van der Waals surface area (Å²) in [6.07, 6.45) is 5.02. The Hall–Kier alpha value is -3.43. The molecule has 39 heavy (non-hydrogen) atoms. The monoisotopic (exact) mass is 660 g/mol. The van der Waals surface area contributed by atoms with Gasteiger partial charge in [0.2, 0.25) is 0 Å². The van der Waals surface area contributed by atoms with E-state index in [9.17, 15) is 19.2 Å². The van der Waals surface area contributed by atoms with Crippen molar-refractivity contribution in [3.05, 3.63) is 78.5 Å². The van der Waals surface area contributed by atoms with Crippen LogP contribution in [0.3, 0.4) is 0 Å². The number of halogens is 2. The number of esters is 1. The smallest absolute Gasteiger partial charge is 0.341 e. The molecule has 0 fully saturated rings. The zero-order valence-electron chi connectivity index (χ0n) is 21.4. The van der Waals surface area contributed by atoms with Gasteiger partial charge in [0.15, 0.2) is 11.5 Å². The molecule has 0 atom stereocenters. The molecule has 1 amide bonds. The van der Waals surface area contributed by atoms with Crippen LogP contribution in [-0.2, 0) is 29.0 Å². The minimum absolute atomic E-state index is 0.00760. The SMILES string of the molecule is CCOC(=O)c1c(NC(=O)/C(C#N)=C/c2cc(I)c(OCc3ccccc3F)c(OC)c2)sc2c1CCCC2. The number of carbonyl (C=O) groups excluding carboxylic acids is 2. The number of carbonyl (C=O) groups is 2. The average Bonchev–Trinajstić information content (AvgIpc) is 3.29. The number of methoxy groups -OCH3 is 1. The number of aryl methyl sites for hydroxylation is 1. The van der Waals surface area contributed by atoms with Crippen LogP contribution in [0.4, 0.5) is 9.39 Å². The lowest BCUT2D eigenvalue weighted by atomic mass is 9.95. The number of anilines is 1. The van der Waals surface area contributed by atoms with Crippen LogP contribution < -0.4 is 14.8 Å². The van der Waals surface area contributed by atoms with Gasteiger partial charge in [0.25, 0.3) is 5.91 Å². The van der Waals surface area contributed by atoms with Crippen LogP contribution in [0.1, 0.15) is 51.7 Å². The first-order valence-electron chi connectivity index (χ1n) is 12.3. The van der Waals surface area contributed by atoms with Crippen molar-refractivity contribution in [1.29, 1.82) is 5.26 Å². The molecule has 0 aliphatic heterocycles. The van der Waals surface area contributed by atoms with Crippen LogP contribution in [0.15, 0.2) is 42.0 Å². The largest absolute Gasteiger partial charge is 0.493 e. The lowest BCUT2D eigenvalue weighted by Crippen LogP contribution is -2.16. The summed E-state index contributed by atoms with van der Waals surface area (Å²) in [7, 11) is 1.47. The number of fused-ring (bicyclic) bond motifs is 1. The second-order valence-electron chi connectivity index (χ2n) is 8.67. The summed E-state index contributed by atoms with van der Waals surface area (Å²) < 4.78 is 31.3. The third kappa shape index (κ3) is 6.59. The number of benzene rings is 2. The molecule has 1 heterocycles. The van der Waals surface area contributed by atoms with Gasteiger partial charge in [-0.05, 0) is 90.6 Å². The number of nitrogens with one attached hydrogen (secondary N) is 1. The van der Waals surface area contributed by atoms with Crippen LogP contribution in [-0.4, -0.2) is 25.6 Å². The van der Waals surface area contributed by atoms with Crippen LogP contribution in [0.5, 0.6) is 11.5 Å². The molecule has 4 rings (SSSR count). The first-order valence-corrected chi connectivity index (χ1v) is 14.2. The van der Waals surface area contributed by atoms with Crippen molar-refractivity contribution in [2.45, 2.75) is 39.2 Å². The first kappa shape index (κ1) is 28.6. The van der Waals surface area contributed by atoms with E-state index >= 15 is 0 Å². The Balaban J connectivity index is 1.58. The molecule has 202 valence electrons. The van der Waals surface area contributed by atoms with E-state index in [0.29, 0.717) is 36.8 Å². The minimum atomic E-state index is -0.629. The average molecular weight is 661 g/mol. The fourth-order valence-corrected chi connectivity index (χ4v) is 6.34. The third-order valence-corrected chi connectivity index (χ3v) is 8.14. The molecule has 0 bridgehead atoms. The summed E-state index contributed by atoms with van der Waals surface area (Å²) in [4.78, 5) is 26.9. The lowest BCUT2D eigenvalue weighted by Gasteiger charge is -2.14. The van der Waals surface area contributed by atoms with Gasteiger partial charge in [-0.25, -0.2) is 9.18 Å². The van der Waals surface area contributed by atoms with Gasteiger partial charge < -0.3 is 19.5 Å². The number of thiophene rings is 1. The number of amides is 1. The van der Waals surface area contributed by atoms with Crippen molar-refractivity contribution in [3.63, 3.8) is 0 Å². The molecule has 1 aliphatic carbocycles. The van der Waals surface area contributed by atoms with Gasteiger partial charge >= 0.3 is 5.97 Å². The molecular formula is C29H26FIN2O5S. The number of hydrogen-bond acceptors (Lipinski definition) is 7. The van der Waals surface area contributed by atoms with Gasteiger partial charge in [0, 0.05) is 10.4 Å². The van der Waals surface area contributed by atoms with Gasteiger partial charge in [0.05, 0.1) is 22.9 Å².